The summed E-state index contributed by atoms with van der Waals surface area (Å²) in [6.45, 7) is 5.19. The van der Waals surface area contributed by atoms with E-state index in [1.807, 2.05) is 13.8 Å². The van der Waals surface area contributed by atoms with Crippen LogP contribution < -0.4 is 15.8 Å². The number of nitrogens with one attached hydrogen (secondary N) is 1. The van der Waals surface area contributed by atoms with E-state index in [2.05, 4.69) is 15.3 Å². The van der Waals surface area contributed by atoms with Gasteiger partial charge >= 0.3 is 0 Å². The SMILES string of the molecule is CCOc1ncnc(NC(CN)C2CCCCC2)c1C. The molecule has 0 radical (unpaired) electrons. The van der Waals surface area contributed by atoms with Gasteiger partial charge in [-0.25, -0.2) is 9.97 Å². The van der Waals surface area contributed by atoms with Gasteiger partial charge in [0.25, 0.3) is 0 Å². The monoisotopic (exact) mass is 278 g/mol. The van der Waals surface area contributed by atoms with E-state index in [-0.39, 0.29) is 0 Å². The van der Waals surface area contributed by atoms with Crippen LogP contribution in [0.2, 0.25) is 0 Å². The molecule has 0 saturated heterocycles. The molecule has 1 aromatic rings. The molecular formula is C15H26N4O. The number of nitrogens with two attached hydrogens (primary N) is 1. The Bertz CT molecular complexity index is 418. The highest BCUT2D eigenvalue weighted by molar-refractivity contribution is 5.48. The van der Waals surface area contributed by atoms with Crippen molar-refractivity contribution < 1.29 is 4.74 Å². The third-order valence-electron chi connectivity index (χ3n) is 4.11. The number of nitrogens with zero attached hydrogens (tertiary/aromatic N) is 2. The van der Waals surface area contributed by atoms with Crippen LogP contribution in [0.5, 0.6) is 5.88 Å². The second-order valence-corrected chi connectivity index (χ2v) is 5.47. The smallest absolute Gasteiger partial charge is 0.221 e. The highest BCUT2D eigenvalue weighted by atomic mass is 16.5. The van der Waals surface area contributed by atoms with E-state index < -0.39 is 0 Å². The predicted molar refractivity (Wildman–Crippen MR) is 81.0 cm³/mol. The standard InChI is InChI=1S/C15H26N4O/c1-3-20-15-11(2)14(17-10-18-15)19-13(9-16)12-7-5-4-6-8-12/h10,12-13H,3-9,16H2,1-2H3,(H,17,18,19). The van der Waals surface area contributed by atoms with Crippen molar-refractivity contribution in [3.8, 4) is 5.88 Å². The minimum absolute atomic E-state index is 0.290. The molecule has 1 atom stereocenters. The molecule has 2 rings (SSSR count). The third kappa shape index (κ3) is 3.60. The Morgan fingerprint density at radius 1 is 1.35 bits per heavy atom. The second-order valence-electron chi connectivity index (χ2n) is 5.47. The molecule has 1 heterocycles. The molecule has 112 valence electrons. The van der Waals surface area contributed by atoms with Crippen molar-refractivity contribution in [2.75, 3.05) is 18.5 Å². The predicted octanol–water partition coefficient (Wildman–Crippen LogP) is 2.50. The van der Waals surface area contributed by atoms with Crippen molar-refractivity contribution in [3.05, 3.63) is 11.9 Å². The van der Waals surface area contributed by atoms with Gasteiger partial charge in [0.05, 0.1) is 12.2 Å². The Kier molecular flexibility index (Phi) is 5.59. The van der Waals surface area contributed by atoms with Crippen LogP contribution in [-0.4, -0.2) is 29.2 Å². The van der Waals surface area contributed by atoms with Crippen LogP contribution in [0.4, 0.5) is 5.82 Å². The number of hydrogen-bond donors (Lipinski definition) is 2. The van der Waals surface area contributed by atoms with Gasteiger partial charge in [-0.1, -0.05) is 19.3 Å². The van der Waals surface area contributed by atoms with Gasteiger partial charge in [-0.3, -0.25) is 0 Å². The Morgan fingerprint density at radius 2 is 2.10 bits per heavy atom. The van der Waals surface area contributed by atoms with E-state index >= 15 is 0 Å². The number of aromatic nitrogens is 2. The van der Waals surface area contributed by atoms with Gasteiger partial charge in [0.2, 0.25) is 5.88 Å². The topological polar surface area (TPSA) is 73.1 Å². The Labute approximate surface area is 121 Å². The molecule has 0 aromatic carbocycles. The lowest BCUT2D eigenvalue weighted by molar-refractivity contribution is 0.317. The van der Waals surface area contributed by atoms with Crippen molar-refractivity contribution in [1.82, 2.24) is 9.97 Å². The number of anilines is 1. The molecule has 0 aliphatic heterocycles. The van der Waals surface area contributed by atoms with Gasteiger partial charge in [0, 0.05) is 12.6 Å². The first-order valence-electron chi connectivity index (χ1n) is 7.67. The Hall–Kier alpha value is -1.36. The fourth-order valence-corrected chi connectivity index (χ4v) is 2.94. The van der Waals surface area contributed by atoms with E-state index in [9.17, 15) is 0 Å². The normalized spacial score (nSPS) is 17.8. The average molecular weight is 278 g/mol. The van der Waals surface area contributed by atoms with Crippen LogP contribution in [0.3, 0.4) is 0 Å². The zero-order chi connectivity index (χ0) is 14.4. The highest BCUT2D eigenvalue weighted by Crippen LogP contribution is 2.29. The van der Waals surface area contributed by atoms with Crippen LogP contribution in [-0.2, 0) is 0 Å². The summed E-state index contributed by atoms with van der Waals surface area (Å²) in [7, 11) is 0. The summed E-state index contributed by atoms with van der Waals surface area (Å²) in [5.41, 5.74) is 6.92. The van der Waals surface area contributed by atoms with Crippen LogP contribution in [0.15, 0.2) is 6.33 Å². The number of hydrogen-bond acceptors (Lipinski definition) is 5. The van der Waals surface area contributed by atoms with Gasteiger partial charge in [0.1, 0.15) is 12.1 Å². The summed E-state index contributed by atoms with van der Waals surface area (Å²) < 4.78 is 5.52. The van der Waals surface area contributed by atoms with Crippen LogP contribution >= 0.6 is 0 Å². The first-order valence-corrected chi connectivity index (χ1v) is 7.67. The fraction of sp³-hybridized carbons (Fsp3) is 0.733. The molecule has 1 unspecified atom stereocenters. The minimum Gasteiger partial charge on any atom is -0.478 e. The highest BCUT2D eigenvalue weighted by Gasteiger charge is 2.23. The van der Waals surface area contributed by atoms with Crippen LogP contribution in [0.25, 0.3) is 0 Å². The Morgan fingerprint density at radius 3 is 2.75 bits per heavy atom. The summed E-state index contributed by atoms with van der Waals surface area (Å²) in [5, 5.41) is 3.51. The van der Waals surface area contributed by atoms with E-state index in [0.717, 1.165) is 11.4 Å². The molecule has 5 heteroatoms. The van der Waals surface area contributed by atoms with Crippen molar-refractivity contribution in [2.24, 2.45) is 11.7 Å². The molecule has 1 saturated carbocycles. The largest absolute Gasteiger partial charge is 0.478 e. The average Bonchev–Trinajstić information content (AvgIpc) is 2.49. The lowest BCUT2D eigenvalue weighted by Crippen LogP contribution is -2.37. The summed E-state index contributed by atoms with van der Waals surface area (Å²) in [5.74, 6) is 2.16. The van der Waals surface area contributed by atoms with Crippen molar-refractivity contribution in [2.45, 2.75) is 52.0 Å². The lowest BCUT2D eigenvalue weighted by Gasteiger charge is -2.30. The molecule has 0 bridgehead atoms. The summed E-state index contributed by atoms with van der Waals surface area (Å²) in [4.78, 5) is 8.52. The third-order valence-corrected chi connectivity index (χ3v) is 4.11. The first kappa shape index (κ1) is 15.0. The number of ether oxygens (including phenoxy) is 1. The molecule has 1 aliphatic carbocycles. The molecule has 3 N–H and O–H groups in total. The van der Waals surface area contributed by atoms with Crippen molar-refractivity contribution in [3.63, 3.8) is 0 Å². The second kappa shape index (κ2) is 7.43. The van der Waals surface area contributed by atoms with E-state index in [4.69, 9.17) is 10.5 Å². The maximum absolute atomic E-state index is 5.96. The van der Waals surface area contributed by atoms with E-state index in [1.165, 1.54) is 32.1 Å². The zero-order valence-electron chi connectivity index (χ0n) is 12.6. The van der Waals surface area contributed by atoms with Crippen LogP contribution in [0, 0.1) is 12.8 Å². The van der Waals surface area contributed by atoms with Crippen molar-refractivity contribution in [1.29, 1.82) is 0 Å². The molecular weight excluding hydrogens is 252 g/mol. The molecule has 0 spiro atoms. The maximum Gasteiger partial charge on any atom is 0.221 e. The molecule has 1 fully saturated rings. The van der Waals surface area contributed by atoms with Gasteiger partial charge in [0.15, 0.2) is 0 Å². The molecule has 1 aromatic heterocycles. The van der Waals surface area contributed by atoms with E-state index in [1.54, 1.807) is 6.33 Å². The molecule has 1 aliphatic rings. The summed E-state index contributed by atoms with van der Waals surface area (Å²) in [6.07, 6.45) is 8.06. The minimum atomic E-state index is 0.290. The fourth-order valence-electron chi connectivity index (χ4n) is 2.94. The van der Waals surface area contributed by atoms with Crippen molar-refractivity contribution >= 4 is 5.82 Å². The molecule has 20 heavy (non-hydrogen) atoms. The molecule has 0 amide bonds. The van der Waals surface area contributed by atoms with Gasteiger partial charge in [-0.2, -0.15) is 0 Å². The zero-order valence-corrected chi connectivity index (χ0v) is 12.6. The number of rotatable bonds is 6. The summed E-state index contributed by atoms with van der Waals surface area (Å²) >= 11 is 0. The first-order chi connectivity index (χ1) is 9.76. The quantitative estimate of drug-likeness (QED) is 0.836. The van der Waals surface area contributed by atoms with Gasteiger partial charge in [-0.05, 0) is 32.6 Å². The van der Waals surface area contributed by atoms with E-state index in [0.29, 0.717) is 31.0 Å². The Balaban J connectivity index is 2.08. The molecule has 5 nitrogen and oxygen atoms in total. The summed E-state index contributed by atoms with van der Waals surface area (Å²) in [6, 6.07) is 0.290. The van der Waals surface area contributed by atoms with Gasteiger partial charge < -0.3 is 15.8 Å². The van der Waals surface area contributed by atoms with Crippen LogP contribution in [0.1, 0.15) is 44.6 Å². The lowest BCUT2D eigenvalue weighted by atomic mass is 9.84. The van der Waals surface area contributed by atoms with Gasteiger partial charge in [-0.15, -0.1) is 0 Å². The maximum atomic E-state index is 5.96.